The van der Waals surface area contributed by atoms with Crippen molar-refractivity contribution in [1.29, 1.82) is 0 Å². The van der Waals surface area contributed by atoms with Gasteiger partial charge in [-0.05, 0) is 12.0 Å². The maximum Gasteiger partial charge on any atom is 0.289 e. The molecule has 0 heterocycles. The molecule has 0 saturated heterocycles. The molecule has 1 amide bonds. The molecule has 1 aromatic rings. The maximum absolute atomic E-state index is 12.2. The highest BCUT2D eigenvalue weighted by Crippen LogP contribution is 2.23. The zero-order valence-electron chi connectivity index (χ0n) is 10.9. The first kappa shape index (κ1) is 16.1. The number of rotatable bonds is 6. The Morgan fingerprint density at radius 2 is 1.90 bits per heavy atom. The molecule has 0 aromatic heterocycles. The number of nitrogens with zero attached hydrogens (tertiary/aromatic N) is 1. The monoisotopic (exact) mass is 301 g/mol. The average Bonchev–Trinajstić information content (AvgIpc) is 2.35. The highest BCUT2D eigenvalue weighted by Gasteiger charge is 2.31. The number of hydrogen-bond acceptors (Lipinski definition) is 5. The molecule has 20 heavy (non-hydrogen) atoms. The maximum atomic E-state index is 12.2. The van der Waals surface area contributed by atoms with Crippen LogP contribution in [0.4, 0.5) is 5.69 Å². The van der Waals surface area contributed by atoms with Crippen LogP contribution in [-0.4, -0.2) is 25.3 Å². The molecule has 8 nitrogen and oxygen atoms in total. The summed E-state index contributed by atoms with van der Waals surface area (Å²) < 4.78 is 26.4. The van der Waals surface area contributed by atoms with Crippen molar-refractivity contribution in [1.82, 2.24) is 4.72 Å². The zero-order chi connectivity index (χ0) is 15.5. The molecule has 0 aliphatic carbocycles. The van der Waals surface area contributed by atoms with E-state index in [1.165, 1.54) is 12.1 Å². The van der Waals surface area contributed by atoms with Crippen LogP contribution in [0.2, 0.25) is 0 Å². The molecule has 1 atom stereocenters. The van der Waals surface area contributed by atoms with Crippen LogP contribution in [0, 0.1) is 16.0 Å². The number of para-hydroxylation sites is 1. The number of nitrogens with one attached hydrogen (secondary N) is 1. The summed E-state index contributed by atoms with van der Waals surface area (Å²) in [6, 6.07) is 3.74. The van der Waals surface area contributed by atoms with E-state index in [0.717, 1.165) is 12.1 Å². The van der Waals surface area contributed by atoms with Gasteiger partial charge in [-0.15, -0.1) is 0 Å². The van der Waals surface area contributed by atoms with Crippen molar-refractivity contribution in [2.45, 2.75) is 24.8 Å². The predicted octanol–water partition coefficient (Wildman–Crippen LogP) is 0.383. The Bertz CT molecular complexity index is 627. The highest BCUT2D eigenvalue weighted by molar-refractivity contribution is 7.89. The minimum atomic E-state index is -4.22. The summed E-state index contributed by atoms with van der Waals surface area (Å²) in [4.78, 5) is 20.8. The molecule has 0 unspecified atom stereocenters. The van der Waals surface area contributed by atoms with E-state index >= 15 is 0 Å². The van der Waals surface area contributed by atoms with Gasteiger partial charge in [0.05, 0.1) is 4.92 Å². The Hall–Kier alpha value is -2.00. The lowest BCUT2D eigenvalue weighted by atomic mass is 10.1. The van der Waals surface area contributed by atoms with Crippen molar-refractivity contribution in [2.24, 2.45) is 11.7 Å². The Balaban J connectivity index is 3.24. The van der Waals surface area contributed by atoms with Crippen molar-refractivity contribution in [3.63, 3.8) is 0 Å². The Morgan fingerprint density at radius 1 is 1.35 bits per heavy atom. The van der Waals surface area contributed by atoms with Crippen LogP contribution in [0.5, 0.6) is 0 Å². The molecule has 0 aliphatic rings. The first-order valence-corrected chi connectivity index (χ1v) is 7.20. The van der Waals surface area contributed by atoms with Crippen LogP contribution in [0.25, 0.3) is 0 Å². The van der Waals surface area contributed by atoms with Crippen molar-refractivity contribution in [3.8, 4) is 0 Å². The Kier molecular flexibility index (Phi) is 4.79. The third kappa shape index (κ3) is 3.52. The van der Waals surface area contributed by atoms with E-state index in [0.29, 0.717) is 0 Å². The van der Waals surface area contributed by atoms with E-state index in [1.807, 2.05) is 0 Å². The number of carbonyl (C=O) groups excluding carboxylic acids is 1. The van der Waals surface area contributed by atoms with Gasteiger partial charge >= 0.3 is 0 Å². The number of hydrogen-bond donors (Lipinski definition) is 2. The van der Waals surface area contributed by atoms with Gasteiger partial charge in [0.25, 0.3) is 5.69 Å². The standard InChI is InChI=1S/C11H15N3O5S/c1-7(2)10(11(12)15)13-20(18,19)9-6-4-3-5-8(9)14(16)17/h3-7,10,13H,1-2H3,(H2,12,15)/t10-/m0/s1. The van der Waals surface area contributed by atoms with E-state index < -0.39 is 37.5 Å². The summed E-state index contributed by atoms with van der Waals surface area (Å²) in [7, 11) is -4.22. The first-order valence-electron chi connectivity index (χ1n) is 5.72. The summed E-state index contributed by atoms with van der Waals surface area (Å²) in [6.45, 7) is 3.22. The van der Waals surface area contributed by atoms with Crippen molar-refractivity contribution >= 4 is 21.6 Å². The fourth-order valence-electron chi connectivity index (χ4n) is 1.59. The smallest absolute Gasteiger partial charge is 0.289 e. The van der Waals surface area contributed by atoms with Gasteiger partial charge in [0.1, 0.15) is 6.04 Å². The van der Waals surface area contributed by atoms with E-state index in [1.54, 1.807) is 13.8 Å². The average molecular weight is 301 g/mol. The third-order valence-corrected chi connectivity index (χ3v) is 4.10. The molecule has 0 saturated carbocycles. The van der Waals surface area contributed by atoms with Crippen LogP contribution in [0.1, 0.15) is 13.8 Å². The molecular weight excluding hydrogens is 286 g/mol. The largest absolute Gasteiger partial charge is 0.368 e. The van der Waals surface area contributed by atoms with Crippen LogP contribution >= 0.6 is 0 Å². The Labute approximate surface area is 116 Å². The summed E-state index contributed by atoms with van der Waals surface area (Å²) >= 11 is 0. The highest BCUT2D eigenvalue weighted by atomic mass is 32.2. The molecule has 0 aliphatic heterocycles. The minimum Gasteiger partial charge on any atom is -0.368 e. The van der Waals surface area contributed by atoms with E-state index in [2.05, 4.69) is 4.72 Å². The number of nitro benzene ring substituents is 1. The van der Waals surface area contributed by atoms with Crippen LogP contribution < -0.4 is 10.5 Å². The van der Waals surface area contributed by atoms with Gasteiger partial charge in [0.2, 0.25) is 15.9 Å². The van der Waals surface area contributed by atoms with Crippen molar-refractivity contribution in [3.05, 3.63) is 34.4 Å². The van der Waals surface area contributed by atoms with Crippen LogP contribution in [-0.2, 0) is 14.8 Å². The topological polar surface area (TPSA) is 132 Å². The molecular formula is C11H15N3O5S. The van der Waals surface area contributed by atoms with Crippen LogP contribution in [0.3, 0.4) is 0 Å². The van der Waals surface area contributed by atoms with Gasteiger partial charge in [-0.25, -0.2) is 8.42 Å². The molecule has 0 bridgehead atoms. The number of nitrogens with two attached hydrogens (primary N) is 1. The molecule has 1 aromatic carbocycles. The molecule has 1 rings (SSSR count). The van der Waals surface area contributed by atoms with E-state index in [4.69, 9.17) is 5.73 Å². The van der Waals surface area contributed by atoms with Gasteiger partial charge in [-0.2, -0.15) is 4.72 Å². The number of sulfonamides is 1. The van der Waals surface area contributed by atoms with Gasteiger partial charge in [0, 0.05) is 6.07 Å². The SMILES string of the molecule is CC(C)[C@H](NS(=O)(=O)c1ccccc1[N+](=O)[O-])C(N)=O. The quantitative estimate of drug-likeness (QED) is 0.579. The van der Waals surface area contributed by atoms with Gasteiger partial charge in [0.15, 0.2) is 4.90 Å². The second-order valence-corrected chi connectivity index (χ2v) is 6.15. The molecule has 0 radical (unpaired) electrons. The summed E-state index contributed by atoms with van der Waals surface area (Å²) in [6.07, 6.45) is 0. The first-order chi connectivity index (χ1) is 9.16. The fourth-order valence-corrected chi connectivity index (χ4v) is 3.11. The molecule has 9 heteroatoms. The number of carbonyl (C=O) groups is 1. The van der Waals surface area contributed by atoms with E-state index in [9.17, 15) is 23.3 Å². The van der Waals surface area contributed by atoms with Crippen molar-refractivity contribution in [2.75, 3.05) is 0 Å². The lowest BCUT2D eigenvalue weighted by Gasteiger charge is -2.18. The number of primary amides is 1. The third-order valence-electron chi connectivity index (χ3n) is 2.61. The molecule has 3 N–H and O–H groups in total. The second-order valence-electron chi connectivity index (χ2n) is 4.47. The lowest BCUT2D eigenvalue weighted by molar-refractivity contribution is -0.387. The summed E-state index contributed by atoms with van der Waals surface area (Å²) in [5.74, 6) is -1.23. The predicted molar refractivity (Wildman–Crippen MR) is 71.2 cm³/mol. The number of amides is 1. The molecule has 110 valence electrons. The van der Waals surface area contributed by atoms with E-state index in [-0.39, 0.29) is 5.92 Å². The van der Waals surface area contributed by atoms with Crippen LogP contribution in [0.15, 0.2) is 29.2 Å². The minimum absolute atomic E-state index is 0.384. The Morgan fingerprint density at radius 3 is 2.35 bits per heavy atom. The second kappa shape index (κ2) is 5.97. The lowest BCUT2D eigenvalue weighted by Crippen LogP contribution is -2.47. The zero-order valence-corrected chi connectivity index (χ0v) is 11.8. The number of benzene rings is 1. The normalized spacial score (nSPS) is 13.2. The number of nitro groups is 1. The van der Waals surface area contributed by atoms with Gasteiger partial charge in [-0.3, -0.25) is 14.9 Å². The molecule has 0 spiro atoms. The van der Waals surface area contributed by atoms with Crippen molar-refractivity contribution < 1.29 is 18.1 Å². The summed E-state index contributed by atoms with van der Waals surface area (Å²) in [5, 5.41) is 10.8. The van der Waals surface area contributed by atoms with Gasteiger partial charge in [-0.1, -0.05) is 26.0 Å². The molecule has 0 fully saturated rings. The fraction of sp³-hybridized carbons (Fsp3) is 0.364. The summed E-state index contributed by atoms with van der Waals surface area (Å²) in [5.41, 5.74) is 4.56. The van der Waals surface area contributed by atoms with Gasteiger partial charge < -0.3 is 5.73 Å².